The number of nitrogens with one attached hydrogen (secondary N) is 1. The lowest BCUT2D eigenvalue weighted by Gasteiger charge is -2.24. The van der Waals surface area contributed by atoms with E-state index in [4.69, 9.17) is 4.74 Å². The van der Waals surface area contributed by atoms with E-state index in [0.29, 0.717) is 12.1 Å². The number of ether oxygens (including phenoxy) is 1. The van der Waals surface area contributed by atoms with Crippen molar-refractivity contribution < 1.29 is 9.53 Å². The summed E-state index contributed by atoms with van der Waals surface area (Å²) >= 11 is 0. The molecule has 1 amide bonds. The van der Waals surface area contributed by atoms with Crippen LogP contribution >= 0.6 is 0 Å². The molecule has 0 aliphatic carbocycles. The summed E-state index contributed by atoms with van der Waals surface area (Å²) in [6, 6.07) is 5.45. The van der Waals surface area contributed by atoms with E-state index in [1.807, 2.05) is 23.1 Å². The number of aromatic amines is 1. The average Bonchev–Trinajstić information content (AvgIpc) is 3.42. The second kappa shape index (κ2) is 5.91. The average molecular weight is 352 g/mol. The maximum absolute atomic E-state index is 13.3. The van der Waals surface area contributed by atoms with Crippen LogP contribution in [-0.4, -0.2) is 55.3 Å². The molecule has 1 aromatic carbocycles. The second-order valence-electron chi connectivity index (χ2n) is 6.93. The van der Waals surface area contributed by atoms with Crippen molar-refractivity contribution in [2.45, 2.75) is 38.0 Å². The summed E-state index contributed by atoms with van der Waals surface area (Å²) in [4.78, 5) is 22.4. The van der Waals surface area contributed by atoms with Gasteiger partial charge in [-0.25, -0.2) is 4.98 Å². The third-order valence-corrected chi connectivity index (χ3v) is 5.46. The molecule has 1 N–H and O–H groups in total. The van der Waals surface area contributed by atoms with Gasteiger partial charge in [0.15, 0.2) is 5.82 Å². The number of likely N-dealkylation sites (tertiary alicyclic amines) is 1. The fraction of sp³-hybridized carbons (Fsp3) is 0.444. The maximum Gasteiger partial charge on any atom is 0.254 e. The zero-order chi connectivity index (χ0) is 17.7. The number of amides is 1. The Balaban J connectivity index is 1.51. The first-order valence-electron chi connectivity index (χ1n) is 8.93. The lowest BCUT2D eigenvalue weighted by Crippen LogP contribution is -2.33. The van der Waals surface area contributed by atoms with Crippen molar-refractivity contribution in [3.8, 4) is 0 Å². The predicted molar refractivity (Wildman–Crippen MR) is 93.6 cm³/mol. The number of rotatable bonds is 3. The zero-order valence-corrected chi connectivity index (χ0v) is 14.6. The van der Waals surface area contributed by atoms with Crippen molar-refractivity contribution in [1.82, 2.24) is 29.6 Å². The number of hydrogen-bond donors (Lipinski definition) is 1. The van der Waals surface area contributed by atoms with Gasteiger partial charge in [-0.2, -0.15) is 0 Å². The molecular weight excluding hydrogens is 332 g/mol. The monoisotopic (exact) mass is 352 g/mol. The highest BCUT2D eigenvalue weighted by molar-refractivity contribution is 5.97. The van der Waals surface area contributed by atoms with E-state index in [0.717, 1.165) is 48.5 Å². The highest BCUT2D eigenvalue weighted by Gasteiger charge is 2.40. The molecule has 0 spiro atoms. The Labute approximate surface area is 150 Å². The standard InChI is InChI=1S/C18H20N6O2/c1-26-12-8-15(17-22-21-16-3-2-6-23(16)17)24(9-12)18(25)11-4-5-13-14(7-11)20-10-19-13/h4-5,7,10,12,15H,2-3,6,8-9H2,1H3,(H,19,20)/t12-,15+/m1/s1. The van der Waals surface area contributed by atoms with E-state index in [9.17, 15) is 4.79 Å². The minimum absolute atomic E-state index is 0.00851. The molecule has 1 fully saturated rings. The van der Waals surface area contributed by atoms with Gasteiger partial charge in [0, 0.05) is 38.6 Å². The molecule has 2 aliphatic rings. The summed E-state index contributed by atoms with van der Waals surface area (Å²) < 4.78 is 7.73. The SMILES string of the molecule is CO[C@@H]1C[C@@H](c2nnc3n2CCC3)N(C(=O)c2ccc3nc[nH]c3c2)C1. The van der Waals surface area contributed by atoms with Crippen molar-refractivity contribution in [2.24, 2.45) is 0 Å². The van der Waals surface area contributed by atoms with Gasteiger partial charge >= 0.3 is 0 Å². The van der Waals surface area contributed by atoms with Crippen LogP contribution in [0.4, 0.5) is 0 Å². The van der Waals surface area contributed by atoms with Gasteiger partial charge in [0.05, 0.1) is 29.5 Å². The number of nitrogens with zero attached hydrogens (tertiary/aromatic N) is 5. The number of carbonyl (C=O) groups excluding carboxylic acids is 1. The number of H-pyrrole nitrogens is 1. The fourth-order valence-electron chi connectivity index (χ4n) is 4.09. The minimum Gasteiger partial charge on any atom is -0.380 e. The van der Waals surface area contributed by atoms with Crippen LogP contribution < -0.4 is 0 Å². The van der Waals surface area contributed by atoms with Gasteiger partial charge in [0.2, 0.25) is 0 Å². The lowest BCUT2D eigenvalue weighted by molar-refractivity contribution is 0.0682. The first kappa shape index (κ1) is 15.5. The van der Waals surface area contributed by atoms with Gasteiger partial charge in [-0.1, -0.05) is 0 Å². The summed E-state index contributed by atoms with van der Waals surface area (Å²) in [6.07, 6.45) is 4.43. The van der Waals surface area contributed by atoms with Gasteiger partial charge < -0.3 is 19.2 Å². The van der Waals surface area contributed by atoms with Crippen LogP contribution in [0.2, 0.25) is 0 Å². The van der Waals surface area contributed by atoms with Crippen molar-refractivity contribution in [1.29, 1.82) is 0 Å². The molecule has 0 saturated carbocycles. The molecule has 0 bridgehead atoms. The van der Waals surface area contributed by atoms with Crippen LogP contribution in [0.1, 0.15) is 40.9 Å². The smallest absolute Gasteiger partial charge is 0.254 e. The van der Waals surface area contributed by atoms with Gasteiger partial charge in [-0.3, -0.25) is 4.79 Å². The Kier molecular flexibility index (Phi) is 3.53. The number of carbonyl (C=O) groups is 1. The van der Waals surface area contributed by atoms with Crippen molar-refractivity contribution in [3.63, 3.8) is 0 Å². The van der Waals surface area contributed by atoms with E-state index in [1.54, 1.807) is 13.4 Å². The summed E-state index contributed by atoms with van der Waals surface area (Å²) in [6.45, 7) is 1.48. The lowest BCUT2D eigenvalue weighted by atomic mass is 10.1. The Morgan fingerprint density at radius 3 is 3.15 bits per heavy atom. The third-order valence-electron chi connectivity index (χ3n) is 5.46. The summed E-state index contributed by atoms with van der Waals surface area (Å²) in [5.41, 5.74) is 2.35. The molecule has 2 aliphatic heterocycles. The summed E-state index contributed by atoms with van der Waals surface area (Å²) in [5, 5.41) is 8.72. The largest absolute Gasteiger partial charge is 0.380 e. The zero-order valence-electron chi connectivity index (χ0n) is 14.6. The minimum atomic E-state index is -0.107. The topological polar surface area (TPSA) is 88.9 Å². The number of benzene rings is 1. The van der Waals surface area contributed by atoms with Crippen molar-refractivity contribution >= 4 is 16.9 Å². The van der Waals surface area contributed by atoms with E-state index < -0.39 is 0 Å². The van der Waals surface area contributed by atoms with Crippen LogP contribution in [0.5, 0.6) is 0 Å². The highest BCUT2D eigenvalue weighted by atomic mass is 16.5. The molecule has 134 valence electrons. The molecule has 26 heavy (non-hydrogen) atoms. The molecule has 2 atom stereocenters. The predicted octanol–water partition coefficient (Wildman–Crippen LogP) is 1.70. The second-order valence-corrected chi connectivity index (χ2v) is 6.93. The number of imidazole rings is 1. The first-order valence-corrected chi connectivity index (χ1v) is 8.93. The molecule has 8 heteroatoms. The van der Waals surface area contributed by atoms with Crippen LogP contribution in [-0.2, 0) is 17.7 Å². The highest BCUT2D eigenvalue weighted by Crippen LogP contribution is 2.35. The number of methoxy groups -OCH3 is 1. The Morgan fingerprint density at radius 2 is 2.27 bits per heavy atom. The van der Waals surface area contributed by atoms with E-state index >= 15 is 0 Å². The number of aromatic nitrogens is 5. The number of hydrogen-bond acceptors (Lipinski definition) is 5. The van der Waals surface area contributed by atoms with Gasteiger partial charge in [0.25, 0.3) is 5.91 Å². The van der Waals surface area contributed by atoms with Crippen LogP contribution in [0.15, 0.2) is 24.5 Å². The number of aryl methyl sites for hydroxylation is 1. The first-order chi connectivity index (χ1) is 12.7. The van der Waals surface area contributed by atoms with E-state index in [-0.39, 0.29) is 18.1 Å². The molecule has 1 saturated heterocycles. The van der Waals surface area contributed by atoms with E-state index in [2.05, 4.69) is 24.7 Å². The normalized spacial score (nSPS) is 22.3. The molecule has 8 nitrogen and oxygen atoms in total. The molecule has 3 aromatic rings. The van der Waals surface area contributed by atoms with Crippen LogP contribution in [0.25, 0.3) is 11.0 Å². The molecule has 4 heterocycles. The van der Waals surface area contributed by atoms with Gasteiger partial charge in [0.1, 0.15) is 5.82 Å². The number of fused-ring (bicyclic) bond motifs is 2. The molecule has 0 radical (unpaired) electrons. The van der Waals surface area contributed by atoms with Gasteiger partial charge in [-0.05, 0) is 24.6 Å². The third kappa shape index (κ3) is 2.33. The molecule has 2 aromatic heterocycles. The molecular formula is C18H20N6O2. The summed E-state index contributed by atoms with van der Waals surface area (Å²) in [5.74, 6) is 1.89. The Bertz CT molecular complexity index is 977. The van der Waals surface area contributed by atoms with E-state index in [1.165, 1.54) is 0 Å². The maximum atomic E-state index is 13.3. The quantitative estimate of drug-likeness (QED) is 0.775. The Morgan fingerprint density at radius 1 is 1.35 bits per heavy atom. The van der Waals surface area contributed by atoms with Crippen molar-refractivity contribution in [3.05, 3.63) is 41.7 Å². The Hall–Kier alpha value is -2.74. The fourth-order valence-corrected chi connectivity index (χ4v) is 4.09. The van der Waals surface area contributed by atoms with Crippen molar-refractivity contribution in [2.75, 3.05) is 13.7 Å². The van der Waals surface area contributed by atoms with Crippen LogP contribution in [0.3, 0.4) is 0 Å². The molecule has 0 unspecified atom stereocenters. The summed E-state index contributed by atoms with van der Waals surface area (Å²) in [7, 11) is 1.70. The van der Waals surface area contributed by atoms with Gasteiger partial charge in [-0.15, -0.1) is 10.2 Å². The molecule has 5 rings (SSSR count). The van der Waals surface area contributed by atoms with Crippen LogP contribution in [0, 0.1) is 0 Å².